The summed E-state index contributed by atoms with van der Waals surface area (Å²) < 4.78 is 16.0. The highest BCUT2D eigenvalue weighted by Gasteiger charge is 2.05. The number of nitrogens with one attached hydrogen (secondary N) is 1. The highest BCUT2D eigenvalue weighted by molar-refractivity contribution is 5.77. The fourth-order valence-electron chi connectivity index (χ4n) is 2.39. The molecule has 0 radical (unpaired) electrons. The van der Waals surface area contributed by atoms with Crippen LogP contribution in [0.1, 0.15) is 17.5 Å². The Labute approximate surface area is 148 Å². The van der Waals surface area contributed by atoms with E-state index < -0.39 is 0 Å². The van der Waals surface area contributed by atoms with Crippen molar-refractivity contribution in [1.82, 2.24) is 5.32 Å². The fourth-order valence-corrected chi connectivity index (χ4v) is 2.39. The number of carbonyl (C=O) groups excluding carboxylic acids is 1. The third-order valence-electron chi connectivity index (χ3n) is 3.80. The van der Waals surface area contributed by atoms with Gasteiger partial charge in [-0.25, -0.2) is 0 Å². The van der Waals surface area contributed by atoms with E-state index in [9.17, 15) is 4.79 Å². The molecule has 0 heterocycles. The SMILES string of the molecule is COc1ccc(CCCNC(=O)COc2ccc(C)cc2)cc1OC. The average molecular weight is 343 g/mol. The van der Waals surface area contributed by atoms with Crippen LogP contribution < -0.4 is 19.5 Å². The Kier molecular flexibility index (Phi) is 7.14. The molecule has 0 fully saturated rings. The molecule has 0 aliphatic rings. The molecule has 0 bridgehead atoms. The van der Waals surface area contributed by atoms with Gasteiger partial charge in [0.1, 0.15) is 5.75 Å². The van der Waals surface area contributed by atoms with Crippen LogP contribution in [-0.2, 0) is 11.2 Å². The van der Waals surface area contributed by atoms with Crippen molar-refractivity contribution in [1.29, 1.82) is 0 Å². The zero-order chi connectivity index (χ0) is 18.1. The molecule has 2 rings (SSSR count). The quantitative estimate of drug-likeness (QED) is 0.711. The maximum atomic E-state index is 11.8. The van der Waals surface area contributed by atoms with Crippen molar-refractivity contribution in [3.05, 3.63) is 53.6 Å². The van der Waals surface area contributed by atoms with Crippen LogP contribution in [0.3, 0.4) is 0 Å². The van der Waals surface area contributed by atoms with E-state index in [2.05, 4.69) is 5.32 Å². The van der Waals surface area contributed by atoms with Gasteiger partial charge in [0.2, 0.25) is 0 Å². The summed E-state index contributed by atoms with van der Waals surface area (Å²) in [6.45, 7) is 2.64. The Morgan fingerprint density at radius 3 is 2.40 bits per heavy atom. The number of hydrogen-bond acceptors (Lipinski definition) is 4. The van der Waals surface area contributed by atoms with Crippen LogP contribution in [0, 0.1) is 6.92 Å². The summed E-state index contributed by atoms with van der Waals surface area (Å²) in [5.74, 6) is 2.02. The fraction of sp³-hybridized carbons (Fsp3) is 0.350. The second-order valence-corrected chi connectivity index (χ2v) is 5.74. The van der Waals surface area contributed by atoms with Gasteiger partial charge < -0.3 is 19.5 Å². The first kappa shape index (κ1) is 18.6. The minimum atomic E-state index is -0.118. The standard InChI is InChI=1S/C20H25NO4/c1-15-6-9-17(10-7-15)25-14-20(22)21-12-4-5-16-8-11-18(23-2)19(13-16)24-3/h6-11,13H,4-5,12,14H2,1-3H3,(H,21,22). The van der Waals surface area contributed by atoms with Crippen LogP contribution in [0.25, 0.3) is 0 Å². The molecule has 1 amide bonds. The lowest BCUT2D eigenvalue weighted by Gasteiger charge is -2.10. The molecule has 5 nitrogen and oxygen atoms in total. The number of rotatable bonds is 9. The normalized spacial score (nSPS) is 10.2. The lowest BCUT2D eigenvalue weighted by Crippen LogP contribution is -2.29. The first-order chi connectivity index (χ1) is 12.1. The predicted molar refractivity (Wildman–Crippen MR) is 97.6 cm³/mol. The number of methoxy groups -OCH3 is 2. The molecule has 5 heteroatoms. The molecule has 0 aromatic heterocycles. The first-order valence-corrected chi connectivity index (χ1v) is 8.29. The highest BCUT2D eigenvalue weighted by atomic mass is 16.5. The maximum absolute atomic E-state index is 11.8. The molecule has 134 valence electrons. The highest BCUT2D eigenvalue weighted by Crippen LogP contribution is 2.27. The molecule has 2 aromatic rings. The Morgan fingerprint density at radius 2 is 1.72 bits per heavy atom. The molecule has 0 atom stereocenters. The van der Waals surface area contributed by atoms with Crippen molar-refractivity contribution >= 4 is 5.91 Å². The predicted octanol–water partition coefficient (Wildman–Crippen LogP) is 3.14. The molecule has 25 heavy (non-hydrogen) atoms. The summed E-state index contributed by atoms with van der Waals surface area (Å²) in [7, 11) is 3.24. The Balaban J connectivity index is 1.68. The van der Waals surface area contributed by atoms with Gasteiger partial charge in [0.15, 0.2) is 18.1 Å². The van der Waals surface area contributed by atoms with Crippen LogP contribution in [0.2, 0.25) is 0 Å². The van der Waals surface area contributed by atoms with Gasteiger partial charge in [-0.1, -0.05) is 23.8 Å². The number of ether oxygens (including phenoxy) is 3. The Hall–Kier alpha value is -2.69. The maximum Gasteiger partial charge on any atom is 0.257 e. The molecule has 2 aromatic carbocycles. The number of hydrogen-bond donors (Lipinski definition) is 1. The molecule has 0 unspecified atom stereocenters. The van der Waals surface area contributed by atoms with Crippen LogP contribution in [0.5, 0.6) is 17.2 Å². The summed E-state index contributed by atoms with van der Waals surface area (Å²) in [6, 6.07) is 13.5. The number of aryl methyl sites for hydroxylation is 2. The van der Waals surface area contributed by atoms with Gasteiger partial charge >= 0.3 is 0 Å². The third kappa shape index (κ3) is 6.03. The van der Waals surface area contributed by atoms with Crippen LogP contribution in [-0.4, -0.2) is 33.3 Å². The second-order valence-electron chi connectivity index (χ2n) is 5.74. The molecule has 0 aliphatic carbocycles. The van der Waals surface area contributed by atoms with E-state index in [4.69, 9.17) is 14.2 Å². The molecule has 0 saturated heterocycles. The van der Waals surface area contributed by atoms with Gasteiger partial charge in [-0.15, -0.1) is 0 Å². The van der Waals surface area contributed by atoms with Gasteiger partial charge in [0, 0.05) is 6.54 Å². The zero-order valence-corrected chi connectivity index (χ0v) is 15.0. The van der Waals surface area contributed by atoms with Gasteiger partial charge in [0.25, 0.3) is 5.91 Å². The van der Waals surface area contributed by atoms with Crippen molar-refractivity contribution in [2.75, 3.05) is 27.4 Å². The molecule has 0 aliphatic heterocycles. The first-order valence-electron chi connectivity index (χ1n) is 8.29. The second kappa shape index (κ2) is 9.57. The largest absolute Gasteiger partial charge is 0.493 e. The van der Waals surface area contributed by atoms with Gasteiger partial charge in [-0.3, -0.25) is 4.79 Å². The average Bonchev–Trinajstić information content (AvgIpc) is 2.64. The van der Waals surface area contributed by atoms with E-state index in [1.807, 2.05) is 49.4 Å². The summed E-state index contributed by atoms with van der Waals surface area (Å²) in [6.07, 6.45) is 1.69. The summed E-state index contributed by atoms with van der Waals surface area (Å²) in [4.78, 5) is 11.8. The zero-order valence-electron chi connectivity index (χ0n) is 15.0. The topological polar surface area (TPSA) is 56.8 Å². The van der Waals surface area contributed by atoms with Gasteiger partial charge in [-0.05, 0) is 49.6 Å². The lowest BCUT2D eigenvalue weighted by molar-refractivity contribution is -0.123. The summed E-state index contributed by atoms with van der Waals surface area (Å²) >= 11 is 0. The van der Waals surface area contributed by atoms with E-state index in [-0.39, 0.29) is 12.5 Å². The molecular formula is C20H25NO4. The van der Waals surface area contributed by atoms with Crippen LogP contribution in [0.4, 0.5) is 0 Å². The van der Waals surface area contributed by atoms with Gasteiger partial charge in [-0.2, -0.15) is 0 Å². The lowest BCUT2D eigenvalue weighted by atomic mass is 10.1. The number of carbonyl (C=O) groups is 1. The van der Waals surface area contributed by atoms with E-state index in [1.165, 1.54) is 0 Å². The van der Waals surface area contributed by atoms with E-state index >= 15 is 0 Å². The van der Waals surface area contributed by atoms with Crippen molar-refractivity contribution in [3.63, 3.8) is 0 Å². The van der Waals surface area contributed by atoms with Crippen molar-refractivity contribution in [2.45, 2.75) is 19.8 Å². The van der Waals surface area contributed by atoms with Crippen LogP contribution in [0.15, 0.2) is 42.5 Å². The molecule has 0 saturated carbocycles. The molecule has 1 N–H and O–H groups in total. The minimum absolute atomic E-state index is 0.0272. The van der Waals surface area contributed by atoms with Crippen molar-refractivity contribution in [2.24, 2.45) is 0 Å². The molecule has 0 spiro atoms. The summed E-state index contributed by atoms with van der Waals surface area (Å²) in [5.41, 5.74) is 2.30. The smallest absolute Gasteiger partial charge is 0.257 e. The molecular weight excluding hydrogens is 318 g/mol. The Bertz CT molecular complexity index is 683. The van der Waals surface area contributed by atoms with Crippen molar-refractivity contribution in [3.8, 4) is 17.2 Å². The van der Waals surface area contributed by atoms with Gasteiger partial charge in [0.05, 0.1) is 14.2 Å². The van der Waals surface area contributed by atoms with E-state index in [0.717, 1.165) is 29.7 Å². The Morgan fingerprint density at radius 1 is 1.00 bits per heavy atom. The monoisotopic (exact) mass is 343 g/mol. The van der Waals surface area contributed by atoms with E-state index in [0.29, 0.717) is 18.0 Å². The van der Waals surface area contributed by atoms with Crippen LogP contribution >= 0.6 is 0 Å². The third-order valence-corrected chi connectivity index (χ3v) is 3.80. The number of amides is 1. The van der Waals surface area contributed by atoms with Crippen molar-refractivity contribution < 1.29 is 19.0 Å². The number of benzene rings is 2. The summed E-state index contributed by atoms with van der Waals surface area (Å²) in [5, 5.41) is 2.87. The minimum Gasteiger partial charge on any atom is -0.493 e. The van der Waals surface area contributed by atoms with E-state index in [1.54, 1.807) is 14.2 Å².